The maximum Gasteiger partial charge on any atom is 0.305 e. The molecule has 0 amide bonds. The highest BCUT2D eigenvalue weighted by atomic mass is 16.5. The van der Waals surface area contributed by atoms with Crippen molar-refractivity contribution in [3.8, 4) is 0 Å². The monoisotopic (exact) mass is 524 g/mol. The molecule has 0 aliphatic rings. The number of hydrogen-bond acceptors (Lipinski definition) is 4. The number of carbonyl (C=O) groups is 2. The van der Waals surface area contributed by atoms with Gasteiger partial charge in [0.05, 0.1) is 13.2 Å². The minimum atomic E-state index is -0.0478. The number of rotatable bonds is 30. The van der Waals surface area contributed by atoms with Gasteiger partial charge in [-0.15, -0.1) is 0 Å². The van der Waals surface area contributed by atoms with E-state index >= 15 is 0 Å². The number of carbonyl (C=O) groups excluding carboxylic acids is 2. The Balaban J connectivity index is 3.22. The fourth-order valence-corrected chi connectivity index (χ4v) is 4.76. The van der Waals surface area contributed by atoms with Gasteiger partial charge in [-0.1, -0.05) is 149 Å². The Labute approximate surface area is 231 Å². The van der Waals surface area contributed by atoms with Crippen LogP contribution in [0, 0.1) is 0 Å². The maximum atomic E-state index is 11.9. The van der Waals surface area contributed by atoms with Crippen molar-refractivity contribution in [2.24, 2.45) is 0 Å². The van der Waals surface area contributed by atoms with Gasteiger partial charge in [-0.25, -0.2) is 0 Å². The molecule has 0 heterocycles. The first-order chi connectivity index (χ1) is 18.2. The van der Waals surface area contributed by atoms with E-state index in [0.29, 0.717) is 26.1 Å². The van der Waals surface area contributed by atoms with Gasteiger partial charge in [-0.05, 0) is 25.7 Å². The Morgan fingerprint density at radius 2 is 0.595 bits per heavy atom. The molecule has 0 aliphatic carbocycles. The lowest BCUT2D eigenvalue weighted by Crippen LogP contribution is -2.06. The molecule has 0 aliphatic heterocycles. The van der Waals surface area contributed by atoms with Crippen molar-refractivity contribution in [1.29, 1.82) is 0 Å². The minimum Gasteiger partial charge on any atom is -0.466 e. The summed E-state index contributed by atoms with van der Waals surface area (Å²) in [5.74, 6) is -0.0830. The Morgan fingerprint density at radius 1 is 0.351 bits per heavy atom. The number of hydrogen-bond donors (Lipinski definition) is 0. The van der Waals surface area contributed by atoms with Gasteiger partial charge in [0.15, 0.2) is 0 Å². The van der Waals surface area contributed by atoms with Crippen molar-refractivity contribution in [3.05, 3.63) is 0 Å². The summed E-state index contributed by atoms with van der Waals surface area (Å²) in [6, 6.07) is 0. The van der Waals surface area contributed by atoms with Gasteiger partial charge in [-0.3, -0.25) is 9.59 Å². The second-order valence-electron chi connectivity index (χ2n) is 11.1. The van der Waals surface area contributed by atoms with Crippen LogP contribution in [0.25, 0.3) is 0 Å². The van der Waals surface area contributed by atoms with Crippen molar-refractivity contribution >= 4 is 11.9 Å². The van der Waals surface area contributed by atoms with Gasteiger partial charge < -0.3 is 9.47 Å². The first-order valence-electron chi connectivity index (χ1n) is 16.5. The van der Waals surface area contributed by atoms with E-state index in [1.165, 1.54) is 103 Å². The summed E-state index contributed by atoms with van der Waals surface area (Å²) >= 11 is 0. The molecule has 0 saturated heterocycles. The standard InChI is InChI=1S/C33H64O4/c1-3-5-7-9-10-11-12-13-14-15-16-17-20-23-27-31-37-33(35)29-25-22-19-18-21-24-28-32(34)36-30-26-8-6-4-2/h3-31H2,1-2H3. The molecule has 0 radical (unpaired) electrons. The molecule has 220 valence electrons. The first-order valence-corrected chi connectivity index (χ1v) is 16.5. The van der Waals surface area contributed by atoms with Crippen molar-refractivity contribution in [1.82, 2.24) is 0 Å². The van der Waals surface area contributed by atoms with E-state index in [0.717, 1.165) is 57.8 Å². The summed E-state index contributed by atoms with van der Waals surface area (Å²) in [6.07, 6.45) is 32.1. The van der Waals surface area contributed by atoms with Gasteiger partial charge in [0.1, 0.15) is 0 Å². The molecule has 0 fully saturated rings. The van der Waals surface area contributed by atoms with Crippen LogP contribution in [0.4, 0.5) is 0 Å². The minimum absolute atomic E-state index is 0.0351. The molecule has 0 unspecified atom stereocenters. The van der Waals surface area contributed by atoms with Crippen LogP contribution in [0.1, 0.15) is 187 Å². The zero-order valence-electron chi connectivity index (χ0n) is 25.1. The summed E-state index contributed by atoms with van der Waals surface area (Å²) < 4.78 is 10.7. The molecular formula is C33H64O4. The molecule has 0 spiro atoms. The van der Waals surface area contributed by atoms with Crippen LogP contribution in [-0.4, -0.2) is 25.2 Å². The smallest absolute Gasteiger partial charge is 0.305 e. The zero-order valence-corrected chi connectivity index (χ0v) is 25.1. The van der Waals surface area contributed by atoms with E-state index in [9.17, 15) is 9.59 Å². The Bertz CT molecular complexity index is 477. The predicted molar refractivity (Wildman–Crippen MR) is 158 cm³/mol. The first kappa shape index (κ1) is 35.9. The van der Waals surface area contributed by atoms with E-state index in [1.807, 2.05) is 0 Å². The number of ether oxygens (including phenoxy) is 2. The highest BCUT2D eigenvalue weighted by Crippen LogP contribution is 2.14. The third kappa shape index (κ3) is 31.1. The Morgan fingerprint density at radius 3 is 0.919 bits per heavy atom. The van der Waals surface area contributed by atoms with E-state index in [-0.39, 0.29) is 11.9 Å². The highest BCUT2D eigenvalue weighted by molar-refractivity contribution is 5.69. The molecule has 0 aromatic carbocycles. The lowest BCUT2D eigenvalue weighted by molar-refractivity contribution is -0.144. The normalized spacial score (nSPS) is 11.1. The molecule has 4 heteroatoms. The lowest BCUT2D eigenvalue weighted by Gasteiger charge is -2.06. The zero-order chi connectivity index (χ0) is 27.1. The van der Waals surface area contributed by atoms with E-state index in [4.69, 9.17) is 9.47 Å². The highest BCUT2D eigenvalue weighted by Gasteiger charge is 2.04. The van der Waals surface area contributed by atoms with E-state index < -0.39 is 0 Å². The van der Waals surface area contributed by atoms with Crippen LogP contribution < -0.4 is 0 Å². The summed E-state index contributed by atoms with van der Waals surface area (Å²) in [5.41, 5.74) is 0. The van der Waals surface area contributed by atoms with Gasteiger partial charge in [0.25, 0.3) is 0 Å². The number of esters is 2. The average Bonchev–Trinajstić information content (AvgIpc) is 2.89. The number of unbranched alkanes of at least 4 members (excludes halogenated alkanes) is 22. The van der Waals surface area contributed by atoms with Gasteiger partial charge in [0.2, 0.25) is 0 Å². The van der Waals surface area contributed by atoms with Crippen molar-refractivity contribution < 1.29 is 19.1 Å². The Kier molecular flexibility index (Phi) is 30.3. The summed E-state index contributed by atoms with van der Waals surface area (Å²) in [6.45, 7) is 5.63. The molecule has 0 rings (SSSR count). The third-order valence-electron chi connectivity index (χ3n) is 7.28. The summed E-state index contributed by atoms with van der Waals surface area (Å²) in [7, 11) is 0. The molecule has 0 N–H and O–H groups in total. The van der Waals surface area contributed by atoms with Crippen molar-refractivity contribution in [2.75, 3.05) is 13.2 Å². The summed E-state index contributed by atoms with van der Waals surface area (Å²) in [4.78, 5) is 23.5. The molecule has 0 aromatic heterocycles. The van der Waals surface area contributed by atoms with E-state index in [2.05, 4.69) is 13.8 Å². The predicted octanol–water partition coefficient (Wildman–Crippen LogP) is 10.6. The fraction of sp³-hybridized carbons (Fsp3) is 0.939. The lowest BCUT2D eigenvalue weighted by atomic mass is 10.0. The molecule has 0 saturated carbocycles. The largest absolute Gasteiger partial charge is 0.466 e. The van der Waals surface area contributed by atoms with Gasteiger partial charge in [0, 0.05) is 12.8 Å². The molecule has 0 aromatic rings. The van der Waals surface area contributed by atoms with E-state index in [1.54, 1.807) is 0 Å². The van der Waals surface area contributed by atoms with Crippen molar-refractivity contribution in [3.63, 3.8) is 0 Å². The molecule has 37 heavy (non-hydrogen) atoms. The van der Waals surface area contributed by atoms with Crippen LogP contribution in [0.5, 0.6) is 0 Å². The van der Waals surface area contributed by atoms with Crippen LogP contribution in [-0.2, 0) is 19.1 Å². The topological polar surface area (TPSA) is 52.6 Å². The molecular weight excluding hydrogens is 460 g/mol. The van der Waals surface area contributed by atoms with Crippen LogP contribution in [0.2, 0.25) is 0 Å². The SMILES string of the molecule is CCCCCCCCCCCCCCCCCOC(=O)CCCCCCCCC(=O)OCCCCCC. The van der Waals surface area contributed by atoms with Gasteiger partial charge in [-0.2, -0.15) is 0 Å². The van der Waals surface area contributed by atoms with Crippen LogP contribution in [0.3, 0.4) is 0 Å². The molecule has 4 nitrogen and oxygen atoms in total. The quantitative estimate of drug-likeness (QED) is 0.0692. The second kappa shape index (κ2) is 31.2. The Hall–Kier alpha value is -1.06. The fourth-order valence-electron chi connectivity index (χ4n) is 4.76. The molecule has 0 bridgehead atoms. The summed E-state index contributed by atoms with van der Waals surface area (Å²) in [5, 5.41) is 0. The third-order valence-corrected chi connectivity index (χ3v) is 7.28. The maximum absolute atomic E-state index is 11.9. The van der Waals surface area contributed by atoms with Crippen LogP contribution in [0.15, 0.2) is 0 Å². The average molecular weight is 525 g/mol. The van der Waals surface area contributed by atoms with Gasteiger partial charge >= 0.3 is 11.9 Å². The van der Waals surface area contributed by atoms with Crippen LogP contribution >= 0.6 is 0 Å². The second-order valence-corrected chi connectivity index (χ2v) is 11.1. The van der Waals surface area contributed by atoms with Crippen molar-refractivity contribution in [2.45, 2.75) is 187 Å². The molecule has 0 atom stereocenters.